The SMILES string of the molecule is CC(C)[C@H](NC=O)C(=O)N1CCC[C@H]1c1ncc(-c2ccc3nc(-c4ccc(-c5cnc([C@@H]6CCCN6C(=O)[C@H](NC(=O)NC6CC6)c6ccccc6)[nH]5)cc4)ccc3c2)[nH]1. The molecule has 5 N–H and O–H groups in total. The van der Waals surface area contributed by atoms with Crippen molar-refractivity contribution in [3.8, 4) is 33.8 Å². The monoisotopic (exact) mass is 818 g/mol. The second-order valence-electron chi connectivity index (χ2n) is 16.7. The summed E-state index contributed by atoms with van der Waals surface area (Å²) in [6.45, 7) is 5.07. The Labute approximate surface area is 354 Å². The molecule has 2 aliphatic heterocycles. The molecule has 3 fully saturated rings. The van der Waals surface area contributed by atoms with Crippen LogP contribution in [0.5, 0.6) is 0 Å². The van der Waals surface area contributed by atoms with Crippen molar-refractivity contribution in [2.24, 2.45) is 5.92 Å². The topological polar surface area (TPSA) is 181 Å². The first-order valence-corrected chi connectivity index (χ1v) is 21.3. The van der Waals surface area contributed by atoms with Crippen LogP contribution >= 0.6 is 0 Å². The van der Waals surface area contributed by atoms with Crippen molar-refractivity contribution >= 4 is 35.2 Å². The normalized spacial score (nSPS) is 18.6. The van der Waals surface area contributed by atoms with Gasteiger partial charge in [-0.15, -0.1) is 0 Å². The van der Waals surface area contributed by atoms with Gasteiger partial charge in [-0.25, -0.2) is 19.7 Å². The molecule has 1 saturated carbocycles. The first-order chi connectivity index (χ1) is 29.7. The van der Waals surface area contributed by atoms with Crippen LogP contribution in [-0.4, -0.2) is 84.1 Å². The highest BCUT2D eigenvalue weighted by Crippen LogP contribution is 2.36. The summed E-state index contributed by atoms with van der Waals surface area (Å²) in [6.07, 6.45) is 9.44. The Balaban J connectivity index is 0.870. The summed E-state index contributed by atoms with van der Waals surface area (Å²) in [4.78, 5) is 76.6. The largest absolute Gasteiger partial charge is 0.347 e. The molecule has 4 atom stereocenters. The zero-order valence-electron chi connectivity index (χ0n) is 34.3. The fourth-order valence-corrected chi connectivity index (χ4v) is 8.69. The number of imidazole rings is 2. The van der Waals surface area contributed by atoms with Crippen molar-refractivity contribution in [2.45, 2.75) is 82.6 Å². The summed E-state index contributed by atoms with van der Waals surface area (Å²) < 4.78 is 0. The standard InChI is InChI=1S/C47H50N10O4/c1-28(2)41(50-27-58)45(59)56-22-6-10-39(56)44-49-26-38(54-44)33-17-21-36-32(24-33)16-20-35(52-36)29-12-14-30(15-13-29)37-25-48-43(53-37)40-11-7-23-57(40)46(60)42(31-8-4-3-5-9-31)55-47(61)51-34-18-19-34/h3-5,8-9,12-17,20-21,24-28,34,39-42H,6-7,10-11,18-19,22-23H2,1-2H3,(H,48,53)(H,49,54)(H,50,58)(H2,51,55,61)/t39-,40-,41-,42+/m0/s1. The molecule has 312 valence electrons. The Bertz CT molecular complexity index is 2550. The quantitative estimate of drug-likeness (QED) is 0.0780. The van der Waals surface area contributed by atoms with Crippen molar-refractivity contribution in [1.29, 1.82) is 0 Å². The highest BCUT2D eigenvalue weighted by atomic mass is 16.2. The van der Waals surface area contributed by atoms with E-state index in [-0.39, 0.29) is 41.9 Å². The Kier molecular flexibility index (Phi) is 11.1. The number of hydrogen-bond donors (Lipinski definition) is 5. The van der Waals surface area contributed by atoms with Crippen LogP contribution in [-0.2, 0) is 14.4 Å². The number of pyridine rings is 1. The lowest BCUT2D eigenvalue weighted by Crippen LogP contribution is -2.48. The van der Waals surface area contributed by atoms with Gasteiger partial charge in [-0.3, -0.25) is 14.4 Å². The number of rotatable bonds is 13. The number of carbonyl (C=O) groups excluding carboxylic acids is 4. The van der Waals surface area contributed by atoms with Crippen LogP contribution in [0.4, 0.5) is 4.79 Å². The lowest BCUT2D eigenvalue weighted by molar-refractivity contribution is -0.137. The number of nitrogens with one attached hydrogen (secondary N) is 5. The molecule has 0 radical (unpaired) electrons. The molecule has 6 aromatic rings. The van der Waals surface area contributed by atoms with Crippen LogP contribution in [0.2, 0.25) is 0 Å². The summed E-state index contributed by atoms with van der Waals surface area (Å²) in [5, 5.41) is 9.58. The molecule has 0 unspecified atom stereocenters. The van der Waals surface area contributed by atoms with Crippen LogP contribution < -0.4 is 16.0 Å². The highest BCUT2D eigenvalue weighted by molar-refractivity contribution is 5.89. The molecule has 14 nitrogen and oxygen atoms in total. The third kappa shape index (κ3) is 8.34. The maximum Gasteiger partial charge on any atom is 0.315 e. The van der Waals surface area contributed by atoms with Gasteiger partial charge in [-0.1, -0.05) is 80.6 Å². The maximum atomic E-state index is 14.1. The van der Waals surface area contributed by atoms with Gasteiger partial charge in [0.2, 0.25) is 18.2 Å². The minimum atomic E-state index is -0.803. The van der Waals surface area contributed by atoms with Crippen molar-refractivity contribution in [1.82, 2.24) is 50.7 Å². The number of hydrogen-bond acceptors (Lipinski definition) is 7. The van der Waals surface area contributed by atoms with E-state index in [0.717, 1.165) is 100 Å². The molecule has 14 heteroatoms. The second kappa shape index (κ2) is 17.0. The van der Waals surface area contributed by atoms with Gasteiger partial charge in [0.25, 0.3) is 0 Å². The molecular weight excluding hydrogens is 769 g/mol. The lowest BCUT2D eigenvalue weighted by Gasteiger charge is -2.29. The molecular formula is C47H50N10O4. The summed E-state index contributed by atoms with van der Waals surface area (Å²) in [5.41, 5.74) is 7.08. The van der Waals surface area contributed by atoms with Crippen LogP contribution in [0.1, 0.15) is 87.7 Å². The summed E-state index contributed by atoms with van der Waals surface area (Å²) >= 11 is 0. The number of likely N-dealkylation sites (tertiary alicyclic amines) is 2. The molecule has 2 saturated heterocycles. The molecule has 3 aliphatic rings. The smallest absolute Gasteiger partial charge is 0.315 e. The molecule has 5 amide bonds. The van der Waals surface area contributed by atoms with Gasteiger partial charge in [0, 0.05) is 35.6 Å². The number of fused-ring (bicyclic) bond motifs is 1. The van der Waals surface area contributed by atoms with Crippen LogP contribution in [0.25, 0.3) is 44.7 Å². The second-order valence-corrected chi connectivity index (χ2v) is 16.7. The Morgan fingerprint density at radius 3 is 2.00 bits per heavy atom. The van der Waals surface area contributed by atoms with Crippen molar-refractivity contribution in [3.05, 3.63) is 115 Å². The number of carbonyl (C=O) groups is 4. The zero-order valence-corrected chi connectivity index (χ0v) is 34.3. The van der Waals surface area contributed by atoms with Gasteiger partial charge in [0.15, 0.2) is 0 Å². The predicted octanol–water partition coefficient (Wildman–Crippen LogP) is 6.98. The van der Waals surface area contributed by atoms with Gasteiger partial charge in [-0.2, -0.15) is 0 Å². The average Bonchev–Trinajstić information content (AvgIpc) is 3.80. The number of H-pyrrole nitrogens is 2. The number of amides is 5. The third-order valence-corrected chi connectivity index (χ3v) is 12.1. The van der Waals surface area contributed by atoms with Crippen LogP contribution in [0.3, 0.4) is 0 Å². The third-order valence-electron chi connectivity index (χ3n) is 12.1. The Morgan fingerprint density at radius 1 is 0.738 bits per heavy atom. The molecule has 3 aromatic carbocycles. The summed E-state index contributed by atoms with van der Waals surface area (Å²) in [7, 11) is 0. The molecule has 5 heterocycles. The number of aromatic amines is 2. The average molecular weight is 819 g/mol. The predicted molar refractivity (Wildman–Crippen MR) is 231 cm³/mol. The minimum absolute atomic E-state index is 0.0279. The van der Waals surface area contributed by atoms with Crippen molar-refractivity contribution in [3.63, 3.8) is 0 Å². The molecule has 1 aliphatic carbocycles. The number of aromatic nitrogens is 5. The van der Waals surface area contributed by atoms with E-state index < -0.39 is 12.1 Å². The van der Waals surface area contributed by atoms with Crippen molar-refractivity contribution in [2.75, 3.05) is 13.1 Å². The molecule has 0 bridgehead atoms. The Morgan fingerprint density at radius 2 is 1.36 bits per heavy atom. The lowest BCUT2D eigenvalue weighted by atomic mass is 10.0. The summed E-state index contributed by atoms with van der Waals surface area (Å²) in [6, 6.07) is 25.9. The van der Waals surface area contributed by atoms with Crippen LogP contribution in [0, 0.1) is 5.92 Å². The van der Waals surface area contributed by atoms with E-state index in [1.54, 1.807) is 0 Å². The zero-order chi connectivity index (χ0) is 42.0. The Hall–Kier alpha value is -6.83. The molecule has 61 heavy (non-hydrogen) atoms. The van der Waals surface area contributed by atoms with E-state index in [1.807, 2.05) is 109 Å². The van der Waals surface area contributed by atoms with Gasteiger partial charge in [-0.05, 0) is 73.8 Å². The number of nitrogens with zero attached hydrogens (tertiary/aromatic N) is 5. The van der Waals surface area contributed by atoms with E-state index in [1.165, 1.54) is 0 Å². The van der Waals surface area contributed by atoms with E-state index in [2.05, 4.69) is 38.1 Å². The molecule has 3 aromatic heterocycles. The van der Waals surface area contributed by atoms with E-state index in [0.29, 0.717) is 19.5 Å². The first-order valence-electron chi connectivity index (χ1n) is 21.3. The van der Waals surface area contributed by atoms with Crippen molar-refractivity contribution < 1.29 is 19.2 Å². The maximum absolute atomic E-state index is 14.1. The fraction of sp³-hybridized carbons (Fsp3) is 0.340. The van der Waals surface area contributed by atoms with E-state index >= 15 is 0 Å². The summed E-state index contributed by atoms with van der Waals surface area (Å²) in [5.74, 6) is 1.20. The van der Waals surface area contributed by atoms with Gasteiger partial charge >= 0.3 is 6.03 Å². The van der Waals surface area contributed by atoms with Gasteiger partial charge in [0.1, 0.15) is 23.7 Å². The molecule has 9 rings (SSSR count). The fourth-order valence-electron chi connectivity index (χ4n) is 8.69. The molecule has 0 spiro atoms. The number of urea groups is 1. The van der Waals surface area contributed by atoms with Crippen LogP contribution in [0.15, 0.2) is 97.3 Å². The number of benzene rings is 3. The van der Waals surface area contributed by atoms with E-state index in [9.17, 15) is 19.2 Å². The minimum Gasteiger partial charge on any atom is -0.347 e. The first kappa shape index (κ1) is 39.6. The highest BCUT2D eigenvalue weighted by Gasteiger charge is 2.38. The van der Waals surface area contributed by atoms with Gasteiger partial charge < -0.3 is 35.7 Å². The van der Waals surface area contributed by atoms with E-state index in [4.69, 9.17) is 15.0 Å². The van der Waals surface area contributed by atoms with Gasteiger partial charge in [0.05, 0.1) is 47.1 Å².